The van der Waals surface area contributed by atoms with Crippen molar-refractivity contribution in [1.29, 1.82) is 0 Å². The Balaban J connectivity index is 1.80. The van der Waals surface area contributed by atoms with Gasteiger partial charge in [-0.1, -0.05) is 24.3 Å². The minimum absolute atomic E-state index is 0.135. The summed E-state index contributed by atoms with van der Waals surface area (Å²) in [6.07, 6.45) is 1.01. The van der Waals surface area contributed by atoms with Crippen LogP contribution in [-0.2, 0) is 4.79 Å². The van der Waals surface area contributed by atoms with Crippen molar-refractivity contribution >= 4 is 29.0 Å². The molecule has 142 valence electrons. The van der Waals surface area contributed by atoms with Gasteiger partial charge in [-0.3, -0.25) is 4.79 Å². The van der Waals surface area contributed by atoms with Crippen LogP contribution in [0.2, 0.25) is 0 Å². The van der Waals surface area contributed by atoms with Crippen LogP contribution in [0.25, 0.3) is 0 Å². The van der Waals surface area contributed by atoms with Crippen LogP contribution >= 0.6 is 0 Å². The number of amides is 3. The van der Waals surface area contributed by atoms with E-state index in [9.17, 15) is 9.59 Å². The molecule has 1 aliphatic rings. The molecule has 0 aromatic heterocycles. The first-order valence-corrected chi connectivity index (χ1v) is 9.04. The van der Waals surface area contributed by atoms with Crippen molar-refractivity contribution in [3.63, 3.8) is 0 Å². The Bertz CT molecular complexity index is 796. The average molecular weight is 367 g/mol. The van der Waals surface area contributed by atoms with E-state index < -0.39 is 6.03 Å². The number of anilines is 3. The number of primary amides is 2. The van der Waals surface area contributed by atoms with E-state index in [1.807, 2.05) is 36.4 Å². The summed E-state index contributed by atoms with van der Waals surface area (Å²) in [7, 11) is 0. The lowest BCUT2D eigenvalue weighted by Crippen LogP contribution is -2.53. The van der Waals surface area contributed by atoms with Gasteiger partial charge in [0.25, 0.3) is 0 Å². The fourth-order valence-corrected chi connectivity index (χ4v) is 3.53. The summed E-state index contributed by atoms with van der Waals surface area (Å²) in [5, 5.41) is 2.61. The summed E-state index contributed by atoms with van der Waals surface area (Å²) in [4.78, 5) is 27.1. The molecule has 3 rings (SSSR count). The van der Waals surface area contributed by atoms with Gasteiger partial charge in [-0.2, -0.15) is 0 Å². The maximum atomic E-state index is 11.3. The molecule has 1 unspecified atom stereocenters. The van der Waals surface area contributed by atoms with Crippen molar-refractivity contribution in [3.8, 4) is 0 Å². The molecule has 1 heterocycles. The predicted molar refractivity (Wildman–Crippen MR) is 108 cm³/mol. The Morgan fingerprint density at radius 3 is 2.44 bits per heavy atom. The van der Waals surface area contributed by atoms with Crippen LogP contribution in [0.1, 0.15) is 12.8 Å². The van der Waals surface area contributed by atoms with Gasteiger partial charge in [-0.25, -0.2) is 4.79 Å². The van der Waals surface area contributed by atoms with E-state index in [4.69, 9.17) is 11.5 Å². The molecular formula is C20H25N5O2. The number of hydrogen-bond donors (Lipinski definition) is 3. The van der Waals surface area contributed by atoms with Gasteiger partial charge in [0.1, 0.15) is 0 Å². The average Bonchev–Trinajstić information content (AvgIpc) is 2.66. The van der Waals surface area contributed by atoms with E-state index >= 15 is 0 Å². The molecule has 1 aliphatic heterocycles. The van der Waals surface area contributed by atoms with Gasteiger partial charge in [0.2, 0.25) is 5.91 Å². The van der Waals surface area contributed by atoms with E-state index in [0.717, 1.165) is 25.3 Å². The van der Waals surface area contributed by atoms with Crippen molar-refractivity contribution in [2.45, 2.75) is 18.9 Å². The number of urea groups is 1. The summed E-state index contributed by atoms with van der Waals surface area (Å²) < 4.78 is 0. The fraction of sp³-hybridized carbons (Fsp3) is 0.300. The lowest BCUT2D eigenvalue weighted by molar-refractivity contribution is -0.118. The highest BCUT2D eigenvalue weighted by atomic mass is 16.2. The number of carbonyl (C=O) groups is 2. The van der Waals surface area contributed by atoms with Crippen LogP contribution in [0.4, 0.5) is 21.9 Å². The minimum atomic E-state index is -0.591. The normalized spacial score (nSPS) is 16.8. The molecule has 0 spiro atoms. The van der Waals surface area contributed by atoms with Crippen LogP contribution in [0.15, 0.2) is 54.6 Å². The Kier molecular flexibility index (Phi) is 5.80. The van der Waals surface area contributed by atoms with Gasteiger partial charge >= 0.3 is 6.03 Å². The first kappa shape index (κ1) is 18.6. The smallest absolute Gasteiger partial charge is 0.316 e. The van der Waals surface area contributed by atoms with Gasteiger partial charge in [-0.05, 0) is 36.8 Å². The standard InChI is InChI=1S/C20H25N5O2/c21-19(26)10-9-18-14-24(16-6-2-1-3-7-16)11-12-25(18)17-8-4-5-15(13-17)23-20(22)27/h1-8,13,18H,9-12,14H2,(H2,21,26)(H3,22,23,27). The first-order valence-electron chi connectivity index (χ1n) is 9.04. The van der Waals surface area contributed by atoms with Crippen LogP contribution in [-0.4, -0.2) is 37.6 Å². The van der Waals surface area contributed by atoms with Gasteiger partial charge in [0, 0.05) is 49.2 Å². The second-order valence-corrected chi connectivity index (χ2v) is 6.67. The molecule has 0 aliphatic carbocycles. The first-order chi connectivity index (χ1) is 13.0. The molecule has 7 nitrogen and oxygen atoms in total. The molecule has 27 heavy (non-hydrogen) atoms. The molecule has 0 saturated carbocycles. The highest BCUT2D eigenvalue weighted by Gasteiger charge is 2.27. The van der Waals surface area contributed by atoms with Crippen LogP contribution < -0.4 is 26.6 Å². The predicted octanol–water partition coefficient (Wildman–Crippen LogP) is 2.14. The number of nitrogens with one attached hydrogen (secondary N) is 1. The Morgan fingerprint density at radius 2 is 1.74 bits per heavy atom. The monoisotopic (exact) mass is 367 g/mol. The second kappa shape index (κ2) is 8.44. The number of piperazine rings is 1. The van der Waals surface area contributed by atoms with Crippen molar-refractivity contribution in [1.82, 2.24) is 0 Å². The molecule has 2 aromatic rings. The Morgan fingerprint density at radius 1 is 1.00 bits per heavy atom. The summed E-state index contributed by atoms with van der Waals surface area (Å²) in [5.74, 6) is -0.295. The highest BCUT2D eigenvalue weighted by molar-refractivity contribution is 5.88. The fourth-order valence-electron chi connectivity index (χ4n) is 3.53. The Hall–Kier alpha value is -3.22. The molecule has 1 saturated heterocycles. The summed E-state index contributed by atoms with van der Waals surface area (Å²) >= 11 is 0. The molecule has 2 aromatic carbocycles. The summed E-state index contributed by atoms with van der Waals surface area (Å²) in [5.41, 5.74) is 13.4. The third kappa shape index (κ3) is 4.91. The molecule has 0 bridgehead atoms. The zero-order valence-corrected chi connectivity index (χ0v) is 15.2. The zero-order valence-electron chi connectivity index (χ0n) is 15.2. The molecule has 7 heteroatoms. The Labute approximate surface area is 158 Å². The van der Waals surface area contributed by atoms with E-state index in [0.29, 0.717) is 18.5 Å². The SMILES string of the molecule is NC(=O)CCC1CN(c2ccccc2)CCN1c1cccc(NC(N)=O)c1. The topological polar surface area (TPSA) is 105 Å². The molecule has 1 fully saturated rings. The third-order valence-electron chi connectivity index (χ3n) is 4.77. The minimum Gasteiger partial charge on any atom is -0.370 e. The summed E-state index contributed by atoms with van der Waals surface area (Å²) in [6.45, 7) is 2.47. The van der Waals surface area contributed by atoms with Crippen LogP contribution in [0.5, 0.6) is 0 Å². The van der Waals surface area contributed by atoms with E-state index in [1.165, 1.54) is 5.69 Å². The van der Waals surface area contributed by atoms with Gasteiger partial charge in [-0.15, -0.1) is 0 Å². The number of hydrogen-bond acceptors (Lipinski definition) is 4. The molecular weight excluding hydrogens is 342 g/mol. The lowest BCUT2D eigenvalue weighted by atomic mass is 10.0. The van der Waals surface area contributed by atoms with Gasteiger partial charge in [0.15, 0.2) is 0 Å². The maximum absolute atomic E-state index is 11.3. The number of rotatable bonds is 6. The quantitative estimate of drug-likeness (QED) is 0.727. The van der Waals surface area contributed by atoms with Crippen LogP contribution in [0.3, 0.4) is 0 Å². The van der Waals surface area contributed by atoms with E-state index in [-0.39, 0.29) is 11.9 Å². The van der Waals surface area contributed by atoms with Gasteiger partial charge < -0.3 is 26.6 Å². The van der Waals surface area contributed by atoms with Crippen molar-refractivity contribution in [2.75, 3.05) is 34.8 Å². The largest absolute Gasteiger partial charge is 0.370 e. The van der Waals surface area contributed by atoms with Crippen molar-refractivity contribution in [2.24, 2.45) is 11.5 Å². The molecule has 5 N–H and O–H groups in total. The number of para-hydroxylation sites is 1. The zero-order chi connectivity index (χ0) is 19.2. The molecule has 3 amide bonds. The summed E-state index contributed by atoms with van der Waals surface area (Å²) in [6, 6.07) is 17.4. The number of nitrogens with zero attached hydrogens (tertiary/aromatic N) is 2. The van der Waals surface area contributed by atoms with Crippen molar-refractivity contribution < 1.29 is 9.59 Å². The lowest BCUT2D eigenvalue weighted by Gasteiger charge is -2.44. The number of carbonyl (C=O) groups excluding carboxylic acids is 2. The van der Waals surface area contributed by atoms with E-state index in [2.05, 4.69) is 27.2 Å². The maximum Gasteiger partial charge on any atom is 0.316 e. The van der Waals surface area contributed by atoms with Crippen LogP contribution in [0, 0.1) is 0 Å². The van der Waals surface area contributed by atoms with E-state index in [1.54, 1.807) is 6.07 Å². The second-order valence-electron chi connectivity index (χ2n) is 6.67. The number of benzene rings is 2. The highest BCUT2D eigenvalue weighted by Crippen LogP contribution is 2.28. The van der Waals surface area contributed by atoms with Gasteiger partial charge in [0.05, 0.1) is 0 Å². The molecule has 0 radical (unpaired) electrons. The number of nitrogens with two attached hydrogens (primary N) is 2. The third-order valence-corrected chi connectivity index (χ3v) is 4.77. The molecule has 1 atom stereocenters. The van der Waals surface area contributed by atoms with Crippen molar-refractivity contribution in [3.05, 3.63) is 54.6 Å².